The van der Waals surface area contributed by atoms with Crippen LogP contribution in [0, 0.1) is 0 Å². The molecule has 0 radical (unpaired) electrons. The molecule has 1 heterocycles. The molecule has 0 spiro atoms. The standard InChI is InChI=1S/C16H24N2O5S2/c1-24(20,21)18(15-9-12-25(22,23)13-15)11-10-17-16(19)8-7-14-5-3-2-4-6-14/h2-6,15H,7-13H2,1H3,(H,17,19). The molecular weight excluding hydrogens is 364 g/mol. The van der Waals surface area contributed by atoms with Crippen LogP contribution in [0.5, 0.6) is 0 Å². The van der Waals surface area contributed by atoms with Crippen LogP contribution in [-0.4, -0.2) is 63.9 Å². The number of benzene rings is 1. The molecule has 25 heavy (non-hydrogen) atoms. The number of carbonyl (C=O) groups is 1. The maximum atomic E-state index is 11.9. The number of aryl methyl sites for hydroxylation is 1. The van der Waals surface area contributed by atoms with Gasteiger partial charge in [0.15, 0.2) is 9.84 Å². The molecule has 1 aromatic carbocycles. The summed E-state index contributed by atoms with van der Waals surface area (Å²) in [5, 5.41) is 2.71. The Morgan fingerprint density at radius 1 is 1.28 bits per heavy atom. The van der Waals surface area contributed by atoms with Crippen LogP contribution >= 0.6 is 0 Å². The van der Waals surface area contributed by atoms with Crippen LogP contribution in [0.2, 0.25) is 0 Å². The summed E-state index contributed by atoms with van der Waals surface area (Å²) in [4.78, 5) is 11.9. The molecule has 1 fully saturated rings. The molecule has 0 aliphatic carbocycles. The normalized spacial score (nSPS) is 19.8. The summed E-state index contributed by atoms with van der Waals surface area (Å²) in [5.41, 5.74) is 1.06. The van der Waals surface area contributed by atoms with E-state index in [0.29, 0.717) is 19.3 Å². The molecule has 0 bridgehead atoms. The Kier molecular flexibility index (Phi) is 6.59. The van der Waals surface area contributed by atoms with E-state index in [1.54, 1.807) is 0 Å². The first-order chi connectivity index (χ1) is 11.7. The minimum atomic E-state index is -3.53. The second kappa shape index (κ2) is 8.29. The predicted octanol–water partition coefficient (Wildman–Crippen LogP) is 0.184. The van der Waals surface area contributed by atoms with Crippen molar-refractivity contribution in [1.82, 2.24) is 9.62 Å². The predicted molar refractivity (Wildman–Crippen MR) is 96.4 cm³/mol. The van der Waals surface area contributed by atoms with Gasteiger partial charge in [0.2, 0.25) is 15.9 Å². The fourth-order valence-corrected chi connectivity index (χ4v) is 5.89. The van der Waals surface area contributed by atoms with Crippen LogP contribution in [0.25, 0.3) is 0 Å². The summed E-state index contributed by atoms with van der Waals surface area (Å²) in [7, 11) is -6.71. The lowest BCUT2D eigenvalue weighted by atomic mass is 10.1. The molecule has 1 aliphatic rings. The minimum absolute atomic E-state index is 0.00706. The summed E-state index contributed by atoms with van der Waals surface area (Å²) in [6.45, 7) is 0.243. The molecular formula is C16H24N2O5S2. The first-order valence-electron chi connectivity index (χ1n) is 8.15. The van der Waals surface area contributed by atoms with Crippen LogP contribution in [0.1, 0.15) is 18.4 Å². The van der Waals surface area contributed by atoms with Gasteiger partial charge in [-0.15, -0.1) is 0 Å². The maximum Gasteiger partial charge on any atom is 0.220 e. The molecule has 1 N–H and O–H groups in total. The van der Waals surface area contributed by atoms with Crippen molar-refractivity contribution in [3.05, 3.63) is 35.9 Å². The van der Waals surface area contributed by atoms with Crippen molar-refractivity contribution in [2.45, 2.75) is 25.3 Å². The smallest absolute Gasteiger partial charge is 0.220 e. The van der Waals surface area contributed by atoms with Crippen molar-refractivity contribution in [3.8, 4) is 0 Å². The molecule has 9 heteroatoms. The third-order valence-corrected chi connectivity index (χ3v) is 7.26. The molecule has 1 aromatic rings. The Morgan fingerprint density at radius 2 is 1.96 bits per heavy atom. The third-order valence-electron chi connectivity index (χ3n) is 4.18. The van der Waals surface area contributed by atoms with Gasteiger partial charge in [-0.25, -0.2) is 16.8 Å². The first kappa shape index (κ1) is 19.9. The minimum Gasteiger partial charge on any atom is -0.355 e. The monoisotopic (exact) mass is 388 g/mol. The van der Waals surface area contributed by atoms with Gasteiger partial charge in [-0.3, -0.25) is 4.79 Å². The second-order valence-corrected chi connectivity index (χ2v) is 10.4. The summed E-state index contributed by atoms with van der Waals surface area (Å²) >= 11 is 0. The molecule has 1 saturated heterocycles. The average Bonchev–Trinajstić information content (AvgIpc) is 2.89. The van der Waals surface area contributed by atoms with Crippen molar-refractivity contribution >= 4 is 25.8 Å². The van der Waals surface area contributed by atoms with Crippen LogP contribution < -0.4 is 5.32 Å². The highest BCUT2D eigenvalue weighted by Crippen LogP contribution is 2.19. The van der Waals surface area contributed by atoms with Gasteiger partial charge < -0.3 is 5.32 Å². The van der Waals surface area contributed by atoms with E-state index >= 15 is 0 Å². The molecule has 2 rings (SSSR count). The summed E-state index contributed by atoms with van der Waals surface area (Å²) < 4.78 is 48.2. The first-order valence-corrected chi connectivity index (χ1v) is 11.8. The molecule has 1 aliphatic heterocycles. The Hall–Kier alpha value is -1.45. The van der Waals surface area contributed by atoms with Crippen molar-refractivity contribution in [2.75, 3.05) is 30.9 Å². The highest BCUT2D eigenvalue weighted by atomic mass is 32.2. The van der Waals surface area contributed by atoms with Crippen molar-refractivity contribution in [2.24, 2.45) is 0 Å². The second-order valence-electron chi connectivity index (χ2n) is 6.27. The number of nitrogens with zero attached hydrogens (tertiary/aromatic N) is 1. The third kappa shape index (κ3) is 6.41. The number of hydrogen-bond acceptors (Lipinski definition) is 5. The highest BCUT2D eigenvalue weighted by Gasteiger charge is 2.36. The van der Waals surface area contributed by atoms with E-state index in [1.165, 1.54) is 4.31 Å². The zero-order valence-corrected chi connectivity index (χ0v) is 15.9. The largest absolute Gasteiger partial charge is 0.355 e. The van der Waals surface area contributed by atoms with Crippen LogP contribution in [0.15, 0.2) is 30.3 Å². The molecule has 7 nitrogen and oxygen atoms in total. The lowest BCUT2D eigenvalue weighted by Crippen LogP contribution is -2.44. The quantitative estimate of drug-likeness (QED) is 0.685. The summed E-state index contributed by atoms with van der Waals surface area (Å²) in [6.07, 6.45) is 2.30. The average molecular weight is 389 g/mol. The van der Waals surface area contributed by atoms with E-state index in [2.05, 4.69) is 5.32 Å². The van der Waals surface area contributed by atoms with Crippen molar-refractivity contribution < 1.29 is 21.6 Å². The molecule has 140 valence electrons. The van der Waals surface area contributed by atoms with Crippen LogP contribution in [0.4, 0.5) is 0 Å². The summed E-state index contributed by atoms with van der Waals surface area (Å²) in [6, 6.07) is 9.08. The number of nitrogens with one attached hydrogen (secondary N) is 1. The van der Waals surface area contributed by atoms with Gasteiger partial charge in [0.25, 0.3) is 0 Å². The molecule has 0 aromatic heterocycles. The van der Waals surface area contributed by atoms with Gasteiger partial charge >= 0.3 is 0 Å². The van der Waals surface area contributed by atoms with E-state index < -0.39 is 25.9 Å². The maximum absolute atomic E-state index is 11.9. The molecule has 1 atom stereocenters. The van der Waals surface area contributed by atoms with Gasteiger partial charge in [-0.1, -0.05) is 30.3 Å². The van der Waals surface area contributed by atoms with Gasteiger partial charge in [0.1, 0.15) is 0 Å². The van der Waals surface area contributed by atoms with Crippen LogP contribution in [0.3, 0.4) is 0 Å². The van der Waals surface area contributed by atoms with E-state index in [9.17, 15) is 21.6 Å². The Balaban J connectivity index is 1.82. The number of sulfonamides is 1. The van der Waals surface area contributed by atoms with Gasteiger partial charge in [0.05, 0.1) is 17.8 Å². The topological polar surface area (TPSA) is 101 Å². The van der Waals surface area contributed by atoms with Crippen LogP contribution in [-0.2, 0) is 31.1 Å². The molecule has 1 amide bonds. The Labute approximate surface area is 149 Å². The van der Waals surface area contributed by atoms with Gasteiger partial charge in [-0.2, -0.15) is 4.31 Å². The lowest BCUT2D eigenvalue weighted by molar-refractivity contribution is -0.121. The zero-order valence-electron chi connectivity index (χ0n) is 14.2. The van der Waals surface area contributed by atoms with E-state index in [0.717, 1.165) is 11.8 Å². The number of amides is 1. The fraction of sp³-hybridized carbons (Fsp3) is 0.562. The van der Waals surface area contributed by atoms with E-state index in [1.807, 2.05) is 30.3 Å². The number of rotatable bonds is 8. The van der Waals surface area contributed by atoms with Gasteiger partial charge in [0, 0.05) is 25.6 Å². The Morgan fingerprint density at radius 3 is 2.52 bits per heavy atom. The molecule has 1 unspecified atom stereocenters. The number of sulfone groups is 1. The lowest BCUT2D eigenvalue weighted by Gasteiger charge is -2.25. The Bertz CT molecular complexity index is 791. The van der Waals surface area contributed by atoms with Crippen molar-refractivity contribution in [3.63, 3.8) is 0 Å². The zero-order chi connectivity index (χ0) is 18.5. The SMILES string of the molecule is CS(=O)(=O)N(CCNC(=O)CCc1ccccc1)C1CCS(=O)(=O)C1. The highest BCUT2D eigenvalue weighted by molar-refractivity contribution is 7.92. The number of carbonyl (C=O) groups excluding carboxylic acids is 1. The van der Waals surface area contributed by atoms with E-state index in [4.69, 9.17) is 0 Å². The van der Waals surface area contributed by atoms with E-state index in [-0.39, 0.29) is 30.5 Å². The summed E-state index contributed by atoms with van der Waals surface area (Å²) in [5.74, 6) is -0.300. The number of hydrogen-bond donors (Lipinski definition) is 1. The van der Waals surface area contributed by atoms with Crippen molar-refractivity contribution in [1.29, 1.82) is 0 Å². The molecule has 0 saturated carbocycles. The fourth-order valence-electron chi connectivity index (χ4n) is 2.92. The van der Waals surface area contributed by atoms with Gasteiger partial charge in [-0.05, 0) is 18.4 Å².